The van der Waals surface area contributed by atoms with Crippen LogP contribution in [0, 0.1) is 20.8 Å². The van der Waals surface area contributed by atoms with Gasteiger partial charge in [0, 0.05) is 5.69 Å². The van der Waals surface area contributed by atoms with Crippen molar-refractivity contribution in [3.63, 3.8) is 0 Å². The maximum Gasteiger partial charge on any atom is 0.251 e. The molecule has 3 rings (SSSR count). The fourth-order valence-electron chi connectivity index (χ4n) is 3.29. The first kappa shape index (κ1) is 19.5. The molecule has 1 atom stereocenters. The van der Waals surface area contributed by atoms with Crippen molar-refractivity contribution in [3.05, 3.63) is 89.0 Å². The summed E-state index contributed by atoms with van der Waals surface area (Å²) >= 11 is 0. The van der Waals surface area contributed by atoms with Gasteiger partial charge in [0.05, 0.1) is 12.8 Å². The fourth-order valence-corrected chi connectivity index (χ4v) is 3.29. The van der Waals surface area contributed by atoms with Crippen molar-refractivity contribution in [2.24, 2.45) is 0 Å². The zero-order chi connectivity index (χ0) is 20.1. The quantitative estimate of drug-likeness (QED) is 0.606. The lowest BCUT2D eigenvalue weighted by Crippen LogP contribution is -2.27. The first-order valence-electron chi connectivity index (χ1n) is 9.31. The lowest BCUT2D eigenvalue weighted by atomic mass is 10.0. The van der Waals surface area contributed by atoms with Crippen LogP contribution in [-0.4, -0.2) is 13.0 Å². The number of amides is 1. The van der Waals surface area contributed by atoms with Gasteiger partial charge in [-0.05, 0) is 67.3 Å². The summed E-state index contributed by atoms with van der Waals surface area (Å²) in [5.41, 5.74) is 5.82. The van der Waals surface area contributed by atoms with Crippen molar-refractivity contribution in [1.29, 1.82) is 0 Å². The first-order valence-corrected chi connectivity index (χ1v) is 9.31. The number of carbonyl (C=O) groups is 1. The molecule has 3 aromatic carbocycles. The normalized spacial score (nSPS) is 11.6. The van der Waals surface area contributed by atoms with Crippen LogP contribution in [-0.2, 0) is 4.79 Å². The second-order valence-corrected chi connectivity index (χ2v) is 7.06. The lowest BCUT2D eigenvalue weighted by Gasteiger charge is -2.21. The zero-order valence-electron chi connectivity index (χ0n) is 16.7. The van der Waals surface area contributed by atoms with E-state index < -0.39 is 6.04 Å². The highest BCUT2D eigenvalue weighted by molar-refractivity contribution is 5.98. The third kappa shape index (κ3) is 4.71. The zero-order valence-corrected chi connectivity index (χ0v) is 16.7. The van der Waals surface area contributed by atoms with Crippen molar-refractivity contribution in [2.75, 3.05) is 17.7 Å². The Kier molecular flexibility index (Phi) is 5.99. The van der Waals surface area contributed by atoms with E-state index in [1.807, 2.05) is 81.4 Å². The number of aryl methyl sites for hydroxylation is 3. The molecule has 0 aliphatic carbocycles. The van der Waals surface area contributed by atoms with Crippen molar-refractivity contribution >= 4 is 17.3 Å². The van der Waals surface area contributed by atoms with Crippen molar-refractivity contribution in [1.82, 2.24) is 0 Å². The van der Waals surface area contributed by atoms with E-state index in [9.17, 15) is 4.79 Å². The molecule has 0 saturated carbocycles. The largest absolute Gasteiger partial charge is 0.495 e. The molecule has 144 valence electrons. The predicted octanol–water partition coefficient (Wildman–Crippen LogP) is 5.41. The average Bonchev–Trinajstić information content (AvgIpc) is 2.66. The van der Waals surface area contributed by atoms with E-state index in [0.717, 1.165) is 27.9 Å². The standard InChI is InChI=1S/C24H26N2O2/c1-16-10-11-22(28-4)21(15-16)26-24(27)23(19-8-6-5-7-9-19)25-20-13-17(2)12-18(3)14-20/h5-15,23,25H,1-4H3,(H,26,27)/t23-/m0/s1. The van der Waals surface area contributed by atoms with E-state index in [0.29, 0.717) is 11.4 Å². The molecular weight excluding hydrogens is 348 g/mol. The summed E-state index contributed by atoms with van der Waals surface area (Å²) < 4.78 is 5.40. The van der Waals surface area contributed by atoms with Crippen molar-refractivity contribution < 1.29 is 9.53 Å². The molecule has 4 nitrogen and oxygen atoms in total. The molecule has 0 bridgehead atoms. The van der Waals surface area contributed by atoms with Crippen molar-refractivity contribution in [2.45, 2.75) is 26.8 Å². The molecule has 0 fully saturated rings. The van der Waals surface area contributed by atoms with Crippen LogP contribution in [0.5, 0.6) is 5.75 Å². The third-order valence-corrected chi connectivity index (χ3v) is 4.54. The Morgan fingerprint density at radius 2 is 1.54 bits per heavy atom. The predicted molar refractivity (Wildman–Crippen MR) is 115 cm³/mol. The summed E-state index contributed by atoms with van der Waals surface area (Å²) in [6, 6.07) is 21.1. The maximum atomic E-state index is 13.2. The van der Waals surface area contributed by atoms with Crippen LogP contribution in [0.25, 0.3) is 0 Å². The van der Waals surface area contributed by atoms with Gasteiger partial charge in [-0.15, -0.1) is 0 Å². The molecule has 0 aliphatic rings. The van der Waals surface area contributed by atoms with Crippen LogP contribution in [0.4, 0.5) is 11.4 Å². The molecule has 28 heavy (non-hydrogen) atoms. The Morgan fingerprint density at radius 1 is 0.857 bits per heavy atom. The van der Waals surface area contributed by atoms with E-state index in [2.05, 4.69) is 16.7 Å². The lowest BCUT2D eigenvalue weighted by molar-refractivity contribution is -0.117. The molecule has 0 saturated heterocycles. The number of rotatable bonds is 6. The van der Waals surface area contributed by atoms with E-state index in [-0.39, 0.29) is 5.91 Å². The van der Waals surface area contributed by atoms with E-state index in [1.165, 1.54) is 0 Å². The molecule has 3 aromatic rings. The van der Waals surface area contributed by atoms with Gasteiger partial charge in [-0.2, -0.15) is 0 Å². The van der Waals surface area contributed by atoms with Gasteiger partial charge >= 0.3 is 0 Å². The summed E-state index contributed by atoms with van der Waals surface area (Å²) in [5, 5.41) is 6.42. The van der Waals surface area contributed by atoms with Gasteiger partial charge in [-0.1, -0.05) is 42.5 Å². The summed E-state index contributed by atoms with van der Waals surface area (Å²) in [7, 11) is 1.60. The van der Waals surface area contributed by atoms with Gasteiger partial charge in [0.25, 0.3) is 5.91 Å². The van der Waals surface area contributed by atoms with Gasteiger partial charge < -0.3 is 15.4 Å². The van der Waals surface area contributed by atoms with Gasteiger partial charge in [-0.3, -0.25) is 4.79 Å². The highest BCUT2D eigenvalue weighted by Crippen LogP contribution is 2.28. The Labute approximate surface area is 166 Å². The highest BCUT2D eigenvalue weighted by Gasteiger charge is 2.22. The molecule has 0 unspecified atom stereocenters. The number of methoxy groups -OCH3 is 1. The minimum absolute atomic E-state index is 0.144. The number of nitrogens with one attached hydrogen (secondary N) is 2. The van der Waals surface area contributed by atoms with Gasteiger partial charge in [0.15, 0.2) is 0 Å². The second kappa shape index (κ2) is 8.61. The molecule has 0 spiro atoms. The van der Waals surface area contributed by atoms with Crippen LogP contribution in [0.3, 0.4) is 0 Å². The fraction of sp³-hybridized carbons (Fsp3) is 0.208. The average molecular weight is 374 g/mol. The van der Waals surface area contributed by atoms with E-state index >= 15 is 0 Å². The highest BCUT2D eigenvalue weighted by atomic mass is 16.5. The number of hydrogen-bond donors (Lipinski definition) is 2. The number of benzene rings is 3. The second-order valence-electron chi connectivity index (χ2n) is 7.06. The molecular formula is C24H26N2O2. The summed E-state index contributed by atoms with van der Waals surface area (Å²) in [4.78, 5) is 13.2. The SMILES string of the molecule is COc1ccc(C)cc1NC(=O)[C@@H](Nc1cc(C)cc(C)c1)c1ccccc1. The van der Waals surface area contributed by atoms with Crippen LogP contribution < -0.4 is 15.4 Å². The van der Waals surface area contributed by atoms with E-state index in [1.54, 1.807) is 7.11 Å². The number of hydrogen-bond acceptors (Lipinski definition) is 3. The molecule has 0 heterocycles. The monoisotopic (exact) mass is 374 g/mol. The summed E-state index contributed by atoms with van der Waals surface area (Å²) in [5.74, 6) is 0.492. The molecule has 0 radical (unpaired) electrons. The van der Waals surface area contributed by atoms with Crippen LogP contribution in [0.15, 0.2) is 66.7 Å². The van der Waals surface area contributed by atoms with E-state index in [4.69, 9.17) is 4.74 Å². The molecule has 0 aliphatic heterocycles. The number of carbonyl (C=O) groups excluding carboxylic acids is 1. The van der Waals surface area contributed by atoms with Crippen LogP contribution in [0.1, 0.15) is 28.3 Å². The van der Waals surface area contributed by atoms with Crippen LogP contribution >= 0.6 is 0 Å². The Hall–Kier alpha value is -3.27. The smallest absolute Gasteiger partial charge is 0.251 e. The minimum Gasteiger partial charge on any atom is -0.495 e. The van der Waals surface area contributed by atoms with Crippen LogP contribution in [0.2, 0.25) is 0 Å². The summed E-state index contributed by atoms with van der Waals surface area (Å²) in [6.07, 6.45) is 0. The summed E-state index contributed by atoms with van der Waals surface area (Å²) in [6.45, 7) is 6.08. The number of ether oxygens (including phenoxy) is 1. The van der Waals surface area contributed by atoms with Gasteiger partial charge in [0.1, 0.15) is 11.8 Å². The Bertz CT molecular complexity index is 947. The Balaban J connectivity index is 1.93. The van der Waals surface area contributed by atoms with Crippen molar-refractivity contribution in [3.8, 4) is 5.75 Å². The first-order chi connectivity index (χ1) is 13.5. The minimum atomic E-state index is -0.535. The molecule has 0 aromatic heterocycles. The Morgan fingerprint density at radius 3 is 2.18 bits per heavy atom. The topological polar surface area (TPSA) is 50.4 Å². The number of anilines is 2. The maximum absolute atomic E-state index is 13.2. The molecule has 4 heteroatoms. The molecule has 2 N–H and O–H groups in total. The van der Waals surface area contributed by atoms with Gasteiger partial charge in [-0.25, -0.2) is 0 Å². The third-order valence-electron chi connectivity index (χ3n) is 4.54. The van der Waals surface area contributed by atoms with Gasteiger partial charge in [0.2, 0.25) is 0 Å². The molecule has 1 amide bonds.